The van der Waals surface area contributed by atoms with E-state index in [0.29, 0.717) is 0 Å². The molecule has 84 valence electrons. The van der Waals surface area contributed by atoms with Gasteiger partial charge in [-0.05, 0) is 0 Å². The lowest BCUT2D eigenvalue weighted by molar-refractivity contribution is -0.581. The molecule has 0 aliphatic rings. The van der Waals surface area contributed by atoms with Gasteiger partial charge in [0.05, 0.1) is 7.05 Å². The first-order valence-corrected chi connectivity index (χ1v) is 4.35. The van der Waals surface area contributed by atoms with E-state index in [4.69, 9.17) is 0 Å². The zero-order chi connectivity index (χ0) is 12.0. The highest BCUT2D eigenvalue weighted by atomic mass is 16.5. The highest BCUT2D eigenvalue weighted by Gasteiger charge is 2.17. The number of aromatic nitrogens is 4. The van der Waals surface area contributed by atoms with Gasteiger partial charge in [0.15, 0.2) is 11.7 Å². The van der Waals surface area contributed by atoms with Crippen molar-refractivity contribution in [1.82, 2.24) is 14.1 Å². The molecule has 0 saturated heterocycles. The molecule has 0 fully saturated rings. The molecule has 2 rings (SSSR count). The molecular weight excluding hydrogens is 216 g/mol. The molecule has 0 aliphatic carbocycles. The Kier molecular flexibility index (Phi) is 1.94. The summed E-state index contributed by atoms with van der Waals surface area (Å²) < 4.78 is 2.02. The van der Waals surface area contributed by atoms with Gasteiger partial charge in [-0.2, -0.15) is 4.57 Å². The molecule has 16 heavy (non-hydrogen) atoms. The van der Waals surface area contributed by atoms with Crippen LogP contribution in [0, 0.1) is 5.21 Å². The highest BCUT2D eigenvalue weighted by molar-refractivity contribution is 5.64. The standard InChI is InChI=1S/C8H8N4O4/c1-10-6-5(7(14)11(2)8(10)15)9-4(13)3-12(6)16/h3H,1-2H3,(H,9,13). The van der Waals surface area contributed by atoms with Crippen molar-refractivity contribution in [2.45, 2.75) is 0 Å². The van der Waals surface area contributed by atoms with E-state index in [1.807, 2.05) is 0 Å². The summed E-state index contributed by atoms with van der Waals surface area (Å²) in [5.74, 6) is 0. The molecule has 8 heteroatoms. The maximum absolute atomic E-state index is 11.6. The predicted octanol–water partition coefficient (Wildman–Crippen LogP) is -2.44. The molecule has 0 aliphatic heterocycles. The highest BCUT2D eigenvalue weighted by Crippen LogP contribution is 1.92. The Morgan fingerprint density at radius 3 is 2.50 bits per heavy atom. The van der Waals surface area contributed by atoms with Crippen molar-refractivity contribution in [2.75, 3.05) is 0 Å². The largest absolute Gasteiger partial charge is 0.710 e. The fourth-order valence-corrected chi connectivity index (χ4v) is 1.52. The Bertz CT molecular complexity index is 751. The molecule has 0 aromatic carbocycles. The predicted molar refractivity (Wildman–Crippen MR) is 54.0 cm³/mol. The van der Waals surface area contributed by atoms with Crippen molar-refractivity contribution in [1.29, 1.82) is 0 Å². The van der Waals surface area contributed by atoms with E-state index in [1.54, 1.807) is 0 Å². The van der Waals surface area contributed by atoms with Crippen molar-refractivity contribution < 1.29 is 4.73 Å². The van der Waals surface area contributed by atoms with E-state index < -0.39 is 16.8 Å². The second-order valence-corrected chi connectivity index (χ2v) is 3.35. The first-order valence-electron chi connectivity index (χ1n) is 4.35. The summed E-state index contributed by atoms with van der Waals surface area (Å²) in [6.07, 6.45) is 0.723. The van der Waals surface area contributed by atoms with Gasteiger partial charge in [0, 0.05) is 7.05 Å². The quantitative estimate of drug-likeness (QED) is 0.396. The van der Waals surface area contributed by atoms with Crippen molar-refractivity contribution >= 4 is 11.2 Å². The number of aryl methyl sites for hydroxylation is 1. The first kappa shape index (κ1) is 10.1. The number of nitrogens with zero attached hydrogens (tertiary/aromatic N) is 3. The third-order valence-electron chi connectivity index (χ3n) is 2.33. The lowest BCUT2D eigenvalue weighted by atomic mass is 10.5. The zero-order valence-corrected chi connectivity index (χ0v) is 8.55. The molecule has 0 bridgehead atoms. The van der Waals surface area contributed by atoms with E-state index in [2.05, 4.69) is 4.98 Å². The maximum atomic E-state index is 11.6. The van der Waals surface area contributed by atoms with E-state index in [9.17, 15) is 19.6 Å². The smallest absolute Gasteiger partial charge is 0.418 e. The molecule has 0 radical (unpaired) electrons. The molecule has 8 nitrogen and oxygen atoms in total. The monoisotopic (exact) mass is 224 g/mol. The molecule has 2 heterocycles. The van der Waals surface area contributed by atoms with Crippen LogP contribution in [-0.2, 0) is 14.1 Å². The Balaban J connectivity index is 3.28. The molecule has 0 saturated carbocycles. The van der Waals surface area contributed by atoms with E-state index in [0.717, 1.165) is 15.3 Å². The summed E-state index contributed by atoms with van der Waals surface area (Å²) in [6.45, 7) is 0. The van der Waals surface area contributed by atoms with Crippen LogP contribution in [0.15, 0.2) is 20.6 Å². The lowest BCUT2D eigenvalue weighted by Gasteiger charge is -2.06. The zero-order valence-electron chi connectivity index (χ0n) is 8.55. The van der Waals surface area contributed by atoms with Crippen LogP contribution in [0.25, 0.3) is 11.2 Å². The second kappa shape index (κ2) is 3.05. The molecule has 0 unspecified atom stereocenters. The van der Waals surface area contributed by atoms with E-state index in [-0.39, 0.29) is 15.9 Å². The van der Waals surface area contributed by atoms with Gasteiger partial charge in [-0.1, -0.05) is 0 Å². The minimum Gasteiger partial charge on any atom is -0.710 e. The van der Waals surface area contributed by atoms with Gasteiger partial charge in [0.25, 0.3) is 11.1 Å². The summed E-state index contributed by atoms with van der Waals surface area (Å²) in [4.78, 5) is 36.4. The number of H-pyrrole nitrogens is 1. The molecule has 2 aromatic rings. The van der Waals surface area contributed by atoms with Crippen LogP contribution in [0.4, 0.5) is 0 Å². The number of nitrogens with one attached hydrogen (secondary N) is 1. The fraction of sp³-hybridized carbons (Fsp3) is 0.250. The normalized spacial score (nSPS) is 10.9. The van der Waals surface area contributed by atoms with Crippen LogP contribution in [0.1, 0.15) is 0 Å². The van der Waals surface area contributed by atoms with Gasteiger partial charge < -0.3 is 10.2 Å². The van der Waals surface area contributed by atoms with Crippen LogP contribution in [-0.4, -0.2) is 14.1 Å². The Morgan fingerprint density at radius 1 is 1.25 bits per heavy atom. The summed E-state index contributed by atoms with van der Waals surface area (Å²) >= 11 is 0. The van der Waals surface area contributed by atoms with E-state index >= 15 is 0 Å². The summed E-state index contributed by atoms with van der Waals surface area (Å²) in [5, 5.41) is 11.4. The third-order valence-corrected chi connectivity index (χ3v) is 2.33. The summed E-state index contributed by atoms with van der Waals surface area (Å²) in [5.41, 5.74) is -2.40. The van der Waals surface area contributed by atoms with Crippen LogP contribution >= 0.6 is 0 Å². The lowest BCUT2D eigenvalue weighted by Crippen LogP contribution is -2.45. The topological polar surface area (TPSA) is 104 Å². The Morgan fingerprint density at radius 2 is 1.88 bits per heavy atom. The SMILES string of the molecule is Cn1c(=O)c2[nH]c(=O)c[n+]([O-])c2n(C)c1=O. The van der Waals surface area contributed by atoms with Crippen LogP contribution < -0.4 is 21.5 Å². The van der Waals surface area contributed by atoms with Crippen molar-refractivity contribution in [2.24, 2.45) is 14.1 Å². The van der Waals surface area contributed by atoms with E-state index in [1.165, 1.54) is 14.1 Å². The van der Waals surface area contributed by atoms with Gasteiger partial charge in [0.2, 0.25) is 0 Å². The average molecular weight is 224 g/mol. The molecule has 1 N–H and O–H groups in total. The van der Waals surface area contributed by atoms with Crippen LogP contribution in [0.3, 0.4) is 0 Å². The molecule has 0 atom stereocenters. The Labute approximate surface area is 87.6 Å². The maximum Gasteiger partial charge on any atom is 0.418 e. The molecule has 0 spiro atoms. The second-order valence-electron chi connectivity index (χ2n) is 3.35. The van der Waals surface area contributed by atoms with Gasteiger partial charge in [-0.15, -0.1) is 0 Å². The molecular formula is C8H8N4O4. The number of hydrogen-bond donors (Lipinski definition) is 1. The number of hydrogen-bond acceptors (Lipinski definition) is 4. The van der Waals surface area contributed by atoms with Gasteiger partial charge >= 0.3 is 11.3 Å². The van der Waals surface area contributed by atoms with Gasteiger partial charge in [0.1, 0.15) is 0 Å². The third kappa shape index (κ3) is 1.16. The summed E-state index contributed by atoms with van der Waals surface area (Å²) in [7, 11) is 2.61. The molecule has 0 amide bonds. The summed E-state index contributed by atoms with van der Waals surface area (Å²) in [6, 6.07) is 0. The van der Waals surface area contributed by atoms with Crippen LogP contribution in [0.2, 0.25) is 0 Å². The average Bonchev–Trinajstić information content (AvgIpc) is 2.22. The number of fused-ring (bicyclic) bond motifs is 1. The number of rotatable bonds is 0. The van der Waals surface area contributed by atoms with Crippen LogP contribution in [0.5, 0.6) is 0 Å². The minimum atomic E-state index is -0.708. The fourth-order valence-electron chi connectivity index (χ4n) is 1.52. The molecule has 2 aromatic heterocycles. The Hall–Kier alpha value is -2.38. The van der Waals surface area contributed by atoms with Gasteiger partial charge in [-0.3, -0.25) is 9.59 Å². The number of aromatic amines is 1. The van der Waals surface area contributed by atoms with Crippen molar-refractivity contribution in [3.63, 3.8) is 0 Å². The minimum absolute atomic E-state index is 0.173. The van der Waals surface area contributed by atoms with Crippen molar-refractivity contribution in [3.8, 4) is 0 Å². The first-order chi connectivity index (χ1) is 7.43. The van der Waals surface area contributed by atoms with Gasteiger partial charge in [-0.25, -0.2) is 14.1 Å². The van der Waals surface area contributed by atoms with Crippen molar-refractivity contribution in [3.05, 3.63) is 42.6 Å².